The Morgan fingerprint density at radius 1 is 1.78 bits per heavy atom. The molecule has 0 rings (SSSR count). The molecule has 0 saturated carbocycles. The first kappa shape index (κ1) is 8.43. The van der Waals surface area contributed by atoms with Crippen LogP contribution in [0.4, 0.5) is 0 Å². The maximum atomic E-state index is 10.0. The lowest BCUT2D eigenvalue weighted by Gasteiger charge is -2.03. The molecular formula is C6H13NO2. The topological polar surface area (TPSA) is 63.3 Å². The average Bonchev–Trinajstić information content (AvgIpc) is 1.63. The fourth-order valence-corrected chi connectivity index (χ4v) is 0.685. The van der Waals surface area contributed by atoms with Crippen LogP contribution in [0.25, 0.3) is 0 Å². The molecule has 0 spiro atoms. The summed E-state index contributed by atoms with van der Waals surface area (Å²) in [4.78, 5) is 10.0. The fraction of sp³-hybridized carbons (Fsp3) is 0.833. The summed E-state index contributed by atoms with van der Waals surface area (Å²) in [6.07, 6.45) is 1.03. The molecule has 54 valence electrons. The number of carbonyl (C=O) groups is 1. The van der Waals surface area contributed by atoms with E-state index >= 15 is 0 Å². The molecule has 0 heterocycles. The Balaban J connectivity index is 3.26. The third kappa shape index (κ3) is 5.30. The summed E-state index contributed by atoms with van der Waals surface area (Å²) >= 11 is 0. The first-order chi connectivity index (χ1) is 4.16. The molecule has 0 aliphatic carbocycles. The van der Waals surface area contributed by atoms with Crippen LogP contribution in [-0.2, 0) is 4.79 Å². The van der Waals surface area contributed by atoms with Crippen molar-refractivity contribution in [2.24, 2.45) is 11.7 Å². The van der Waals surface area contributed by atoms with Crippen LogP contribution in [0.1, 0.15) is 19.8 Å². The van der Waals surface area contributed by atoms with Crippen LogP contribution in [0.5, 0.6) is 0 Å². The van der Waals surface area contributed by atoms with E-state index < -0.39 is 5.97 Å². The standard InChI is InChI=1S/C6H13NO2/c1-5(2-3-7)4-6(8)9/h5H,2-4,7H2,1H3,(H,8,9)/t5-/m1/s1. The van der Waals surface area contributed by atoms with E-state index in [1.807, 2.05) is 6.92 Å². The second-order valence-corrected chi connectivity index (χ2v) is 2.28. The third-order valence-electron chi connectivity index (χ3n) is 1.18. The normalized spacial score (nSPS) is 13.1. The Labute approximate surface area is 54.9 Å². The molecule has 3 N–H and O–H groups in total. The average molecular weight is 131 g/mol. The van der Waals surface area contributed by atoms with Crippen LogP contribution < -0.4 is 5.73 Å². The zero-order valence-corrected chi connectivity index (χ0v) is 5.63. The van der Waals surface area contributed by atoms with E-state index in [2.05, 4.69) is 0 Å². The molecule has 3 nitrogen and oxygen atoms in total. The lowest BCUT2D eigenvalue weighted by Crippen LogP contribution is -2.09. The summed E-state index contributed by atoms with van der Waals surface area (Å²) in [5, 5.41) is 8.27. The van der Waals surface area contributed by atoms with Crippen LogP contribution in [-0.4, -0.2) is 17.6 Å². The molecule has 0 amide bonds. The van der Waals surface area contributed by atoms with Crippen molar-refractivity contribution in [3.05, 3.63) is 0 Å². The highest BCUT2D eigenvalue weighted by molar-refractivity contribution is 5.66. The summed E-state index contributed by atoms with van der Waals surface area (Å²) in [5.74, 6) is -0.525. The Morgan fingerprint density at radius 2 is 2.33 bits per heavy atom. The summed E-state index contributed by atoms with van der Waals surface area (Å²) in [6, 6.07) is 0. The van der Waals surface area contributed by atoms with Gasteiger partial charge in [0.15, 0.2) is 0 Å². The molecular weight excluding hydrogens is 118 g/mol. The maximum absolute atomic E-state index is 10.0. The van der Waals surface area contributed by atoms with Gasteiger partial charge >= 0.3 is 5.97 Å². The van der Waals surface area contributed by atoms with E-state index in [-0.39, 0.29) is 12.3 Å². The molecule has 0 aromatic heterocycles. The molecule has 0 radical (unpaired) electrons. The molecule has 0 fully saturated rings. The van der Waals surface area contributed by atoms with E-state index in [0.717, 1.165) is 6.42 Å². The summed E-state index contributed by atoms with van der Waals surface area (Å²) in [7, 11) is 0. The minimum atomic E-state index is -0.740. The molecule has 0 aromatic carbocycles. The smallest absolute Gasteiger partial charge is 0.303 e. The minimum Gasteiger partial charge on any atom is -0.481 e. The first-order valence-corrected chi connectivity index (χ1v) is 3.08. The van der Waals surface area contributed by atoms with Crippen molar-refractivity contribution in [2.75, 3.05) is 6.54 Å². The zero-order valence-electron chi connectivity index (χ0n) is 5.63. The van der Waals surface area contributed by atoms with Gasteiger partial charge in [0.1, 0.15) is 0 Å². The molecule has 0 saturated heterocycles. The number of nitrogens with two attached hydrogens (primary N) is 1. The lowest BCUT2D eigenvalue weighted by molar-refractivity contribution is -0.137. The highest BCUT2D eigenvalue weighted by Gasteiger charge is 2.04. The predicted molar refractivity (Wildman–Crippen MR) is 35.1 cm³/mol. The van der Waals surface area contributed by atoms with Gasteiger partial charge in [-0.05, 0) is 18.9 Å². The lowest BCUT2D eigenvalue weighted by atomic mass is 10.1. The van der Waals surface area contributed by atoms with Gasteiger partial charge in [0.05, 0.1) is 0 Å². The van der Waals surface area contributed by atoms with Crippen LogP contribution in [0.2, 0.25) is 0 Å². The van der Waals surface area contributed by atoms with Crippen LogP contribution >= 0.6 is 0 Å². The van der Waals surface area contributed by atoms with Crippen molar-refractivity contribution in [1.82, 2.24) is 0 Å². The van der Waals surface area contributed by atoms with Gasteiger partial charge in [-0.2, -0.15) is 0 Å². The second-order valence-electron chi connectivity index (χ2n) is 2.28. The van der Waals surface area contributed by atoms with Gasteiger partial charge in [-0.25, -0.2) is 0 Å². The van der Waals surface area contributed by atoms with Crippen molar-refractivity contribution in [1.29, 1.82) is 0 Å². The first-order valence-electron chi connectivity index (χ1n) is 3.08. The Kier molecular flexibility index (Phi) is 4.05. The van der Waals surface area contributed by atoms with E-state index in [0.29, 0.717) is 6.54 Å². The van der Waals surface area contributed by atoms with Crippen molar-refractivity contribution >= 4 is 5.97 Å². The Hall–Kier alpha value is -0.570. The molecule has 0 bridgehead atoms. The molecule has 0 aliphatic rings. The van der Waals surface area contributed by atoms with Crippen LogP contribution in [0, 0.1) is 5.92 Å². The van der Waals surface area contributed by atoms with Gasteiger partial charge in [-0.3, -0.25) is 4.79 Å². The summed E-state index contributed by atoms with van der Waals surface area (Å²) < 4.78 is 0. The number of rotatable bonds is 4. The van der Waals surface area contributed by atoms with Crippen molar-refractivity contribution in [3.63, 3.8) is 0 Å². The molecule has 9 heavy (non-hydrogen) atoms. The van der Waals surface area contributed by atoms with Crippen molar-refractivity contribution in [3.8, 4) is 0 Å². The van der Waals surface area contributed by atoms with Gasteiger partial charge in [0.25, 0.3) is 0 Å². The summed E-state index contributed by atoms with van der Waals surface area (Å²) in [5.41, 5.74) is 5.21. The monoisotopic (exact) mass is 131 g/mol. The third-order valence-corrected chi connectivity index (χ3v) is 1.18. The highest BCUT2D eigenvalue weighted by atomic mass is 16.4. The van der Waals surface area contributed by atoms with Gasteiger partial charge in [0, 0.05) is 6.42 Å². The Bertz CT molecular complexity index is 93.1. The van der Waals surface area contributed by atoms with Gasteiger partial charge in [0.2, 0.25) is 0 Å². The largest absolute Gasteiger partial charge is 0.481 e. The molecule has 0 aliphatic heterocycles. The van der Waals surface area contributed by atoms with E-state index in [1.165, 1.54) is 0 Å². The van der Waals surface area contributed by atoms with E-state index in [4.69, 9.17) is 10.8 Å². The van der Waals surface area contributed by atoms with Gasteiger partial charge < -0.3 is 10.8 Å². The van der Waals surface area contributed by atoms with Crippen molar-refractivity contribution < 1.29 is 9.90 Å². The SMILES string of the molecule is C[C@H](CCN)CC(=O)O. The fourth-order valence-electron chi connectivity index (χ4n) is 0.685. The summed E-state index contributed by atoms with van der Waals surface area (Å²) in [6.45, 7) is 2.47. The van der Waals surface area contributed by atoms with Gasteiger partial charge in [-0.15, -0.1) is 0 Å². The number of aliphatic carboxylic acids is 1. The zero-order chi connectivity index (χ0) is 7.28. The number of carboxylic acids is 1. The maximum Gasteiger partial charge on any atom is 0.303 e. The highest BCUT2D eigenvalue weighted by Crippen LogP contribution is 2.04. The number of hydrogen-bond donors (Lipinski definition) is 2. The van der Waals surface area contributed by atoms with Crippen molar-refractivity contribution in [2.45, 2.75) is 19.8 Å². The molecule has 3 heteroatoms. The van der Waals surface area contributed by atoms with Crippen LogP contribution in [0.15, 0.2) is 0 Å². The molecule has 1 atom stereocenters. The molecule has 0 aromatic rings. The predicted octanol–water partition coefficient (Wildman–Crippen LogP) is 0.446. The quantitative estimate of drug-likeness (QED) is 0.582. The van der Waals surface area contributed by atoms with E-state index in [1.54, 1.807) is 0 Å². The Morgan fingerprint density at radius 3 is 2.67 bits per heavy atom. The minimum absolute atomic E-state index is 0.215. The number of hydrogen-bond acceptors (Lipinski definition) is 2. The van der Waals surface area contributed by atoms with Gasteiger partial charge in [-0.1, -0.05) is 6.92 Å². The number of carboxylic acid groups (broad SMARTS) is 1. The van der Waals surface area contributed by atoms with E-state index in [9.17, 15) is 4.79 Å². The van der Waals surface area contributed by atoms with Crippen LogP contribution in [0.3, 0.4) is 0 Å². The molecule has 0 unspecified atom stereocenters. The second kappa shape index (κ2) is 4.32.